The van der Waals surface area contributed by atoms with Gasteiger partial charge in [-0.2, -0.15) is 5.10 Å². The third-order valence-electron chi connectivity index (χ3n) is 3.42. The third kappa shape index (κ3) is 3.03. The molecule has 0 atom stereocenters. The monoisotopic (exact) mass is 339 g/mol. The van der Waals surface area contributed by atoms with Crippen molar-refractivity contribution in [1.82, 2.24) is 9.78 Å². The van der Waals surface area contributed by atoms with E-state index in [1.54, 1.807) is 0 Å². The van der Waals surface area contributed by atoms with Crippen LogP contribution < -0.4 is 4.90 Å². The van der Waals surface area contributed by atoms with Gasteiger partial charge in [-0.15, -0.1) is 0 Å². The lowest BCUT2D eigenvalue weighted by Gasteiger charge is -2.23. The van der Waals surface area contributed by atoms with Gasteiger partial charge in [0.15, 0.2) is 0 Å². The lowest BCUT2D eigenvalue weighted by molar-refractivity contribution is 0.627. The standard InChI is InChI=1S/C15H19BrFN3/c1-4-13-15(16)14(19(3)18-13)10-20(5-2)12-8-6-11(17)7-9-12/h6-9H,4-5,10H2,1-3H3. The molecule has 0 saturated carbocycles. The summed E-state index contributed by atoms with van der Waals surface area (Å²) in [6.07, 6.45) is 0.900. The van der Waals surface area contributed by atoms with Crippen LogP contribution in [0, 0.1) is 5.82 Å². The maximum absolute atomic E-state index is 13.0. The normalized spacial score (nSPS) is 10.8. The second-order valence-electron chi connectivity index (χ2n) is 4.68. The number of nitrogens with zero attached hydrogens (tertiary/aromatic N) is 3. The van der Waals surface area contributed by atoms with Crippen molar-refractivity contribution in [3.05, 3.63) is 45.9 Å². The zero-order valence-electron chi connectivity index (χ0n) is 12.0. The summed E-state index contributed by atoms with van der Waals surface area (Å²) in [6, 6.07) is 6.61. The molecular formula is C15H19BrFN3. The molecule has 3 nitrogen and oxygen atoms in total. The fraction of sp³-hybridized carbons (Fsp3) is 0.400. The van der Waals surface area contributed by atoms with Crippen molar-refractivity contribution in [1.29, 1.82) is 0 Å². The topological polar surface area (TPSA) is 21.1 Å². The van der Waals surface area contributed by atoms with Crippen molar-refractivity contribution in [2.24, 2.45) is 7.05 Å². The van der Waals surface area contributed by atoms with Crippen molar-refractivity contribution < 1.29 is 4.39 Å². The number of halogens is 2. The summed E-state index contributed by atoms with van der Waals surface area (Å²) in [6.45, 7) is 5.78. The molecule has 0 aliphatic rings. The van der Waals surface area contributed by atoms with Gasteiger partial charge in [-0.05, 0) is 53.5 Å². The van der Waals surface area contributed by atoms with Crippen LogP contribution in [0.25, 0.3) is 0 Å². The number of rotatable bonds is 5. The molecule has 0 saturated heterocycles. The second-order valence-corrected chi connectivity index (χ2v) is 5.47. The molecule has 0 N–H and O–H groups in total. The number of benzene rings is 1. The van der Waals surface area contributed by atoms with Crippen molar-refractivity contribution in [2.75, 3.05) is 11.4 Å². The molecule has 0 radical (unpaired) electrons. The third-order valence-corrected chi connectivity index (χ3v) is 4.33. The number of aromatic nitrogens is 2. The van der Waals surface area contributed by atoms with Crippen LogP contribution >= 0.6 is 15.9 Å². The highest BCUT2D eigenvalue weighted by Gasteiger charge is 2.15. The highest BCUT2D eigenvalue weighted by molar-refractivity contribution is 9.10. The number of anilines is 1. The summed E-state index contributed by atoms with van der Waals surface area (Å²) in [5.74, 6) is -0.209. The van der Waals surface area contributed by atoms with Crippen LogP contribution in [0.3, 0.4) is 0 Å². The van der Waals surface area contributed by atoms with Crippen LogP contribution in [0.4, 0.5) is 10.1 Å². The van der Waals surface area contributed by atoms with E-state index in [1.807, 2.05) is 23.9 Å². The van der Waals surface area contributed by atoms with Crippen molar-refractivity contribution in [2.45, 2.75) is 26.8 Å². The predicted octanol–water partition coefficient (Wildman–Crippen LogP) is 3.91. The Balaban J connectivity index is 2.26. The number of hydrogen-bond acceptors (Lipinski definition) is 2. The first-order chi connectivity index (χ1) is 9.56. The molecule has 0 fully saturated rings. The molecule has 108 valence electrons. The SMILES string of the molecule is CCc1nn(C)c(CN(CC)c2ccc(F)cc2)c1Br. The van der Waals surface area contributed by atoms with E-state index >= 15 is 0 Å². The van der Waals surface area contributed by atoms with Crippen molar-refractivity contribution >= 4 is 21.6 Å². The average molecular weight is 340 g/mol. The Hall–Kier alpha value is -1.36. The Kier molecular flexibility index (Phi) is 4.81. The Morgan fingerprint density at radius 3 is 2.40 bits per heavy atom. The minimum absolute atomic E-state index is 0.209. The molecule has 0 aliphatic carbocycles. The van der Waals surface area contributed by atoms with Gasteiger partial charge in [-0.3, -0.25) is 4.68 Å². The summed E-state index contributed by atoms with van der Waals surface area (Å²) in [5.41, 5.74) is 3.21. The summed E-state index contributed by atoms with van der Waals surface area (Å²) < 4.78 is 16.0. The van der Waals surface area contributed by atoms with Gasteiger partial charge in [-0.1, -0.05) is 6.92 Å². The first-order valence-electron chi connectivity index (χ1n) is 6.77. The fourth-order valence-electron chi connectivity index (χ4n) is 2.21. The van der Waals surface area contributed by atoms with Crippen LogP contribution in [-0.2, 0) is 20.0 Å². The summed E-state index contributed by atoms with van der Waals surface area (Å²) >= 11 is 3.63. The van der Waals surface area contributed by atoms with E-state index in [2.05, 4.69) is 39.8 Å². The molecule has 1 aromatic carbocycles. The Morgan fingerprint density at radius 2 is 1.90 bits per heavy atom. The zero-order chi connectivity index (χ0) is 14.7. The molecule has 0 unspecified atom stereocenters. The molecule has 0 amide bonds. The van der Waals surface area contributed by atoms with Gasteiger partial charge >= 0.3 is 0 Å². The summed E-state index contributed by atoms with van der Waals surface area (Å²) in [7, 11) is 1.96. The molecule has 2 aromatic rings. The van der Waals surface area contributed by atoms with E-state index < -0.39 is 0 Å². The first-order valence-corrected chi connectivity index (χ1v) is 7.56. The van der Waals surface area contributed by atoms with Crippen molar-refractivity contribution in [3.63, 3.8) is 0 Å². The van der Waals surface area contributed by atoms with Crippen molar-refractivity contribution in [3.8, 4) is 0 Å². The Labute approximate surface area is 127 Å². The highest BCUT2D eigenvalue weighted by atomic mass is 79.9. The van der Waals surface area contributed by atoms with Gasteiger partial charge in [0.1, 0.15) is 5.82 Å². The van der Waals surface area contributed by atoms with Gasteiger partial charge in [0, 0.05) is 19.3 Å². The van der Waals surface area contributed by atoms with Crippen LogP contribution in [-0.4, -0.2) is 16.3 Å². The van der Waals surface area contributed by atoms with Gasteiger partial charge in [0.05, 0.1) is 22.4 Å². The largest absolute Gasteiger partial charge is 0.366 e. The van der Waals surface area contributed by atoms with Gasteiger partial charge in [0.25, 0.3) is 0 Å². The van der Waals surface area contributed by atoms with E-state index in [1.165, 1.54) is 12.1 Å². The van der Waals surface area contributed by atoms with Crippen LogP contribution in [0.5, 0.6) is 0 Å². The fourth-order valence-corrected chi connectivity index (χ4v) is 2.95. The van der Waals surface area contributed by atoms with Crippen LogP contribution in [0.2, 0.25) is 0 Å². The maximum atomic E-state index is 13.0. The smallest absolute Gasteiger partial charge is 0.123 e. The quantitative estimate of drug-likeness (QED) is 0.823. The number of aryl methyl sites for hydroxylation is 2. The first kappa shape index (κ1) is 15.0. The lowest BCUT2D eigenvalue weighted by atomic mass is 10.2. The Morgan fingerprint density at radius 1 is 1.25 bits per heavy atom. The molecular weight excluding hydrogens is 321 g/mol. The minimum Gasteiger partial charge on any atom is -0.366 e. The van der Waals surface area contributed by atoms with Gasteiger partial charge in [-0.25, -0.2) is 4.39 Å². The van der Waals surface area contributed by atoms with Crippen LogP contribution in [0.1, 0.15) is 25.2 Å². The lowest BCUT2D eigenvalue weighted by Crippen LogP contribution is -2.23. The summed E-state index contributed by atoms with van der Waals surface area (Å²) in [5, 5.41) is 4.51. The van der Waals surface area contributed by atoms with Crippen LogP contribution in [0.15, 0.2) is 28.7 Å². The molecule has 0 aliphatic heterocycles. The number of hydrogen-bond donors (Lipinski definition) is 0. The van der Waals surface area contributed by atoms with Gasteiger partial charge in [0.2, 0.25) is 0 Å². The molecule has 0 spiro atoms. The molecule has 2 rings (SSSR count). The van der Waals surface area contributed by atoms with E-state index in [0.717, 1.165) is 41.1 Å². The Bertz CT molecular complexity index is 578. The second kappa shape index (κ2) is 6.39. The molecule has 1 heterocycles. The molecule has 5 heteroatoms. The maximum Gasteiger partial charge on any atom is 0.123 e. The summed E-state index contributed by atoms with van der Waals surface area (Å²) in [4.78, 5) is 2.20. The molecule has 1 aromatic heterocycles. The average Bonchev–Trinajstić information content (AvgIpc) is 2.72. The van der Waals surface area contributed by atoms with E-state index in [4.69, 9.17) is 0 Å². The predicted molar refractivity (Wildman–Crippen MR) is 83.4 cm³/mol. The zero-order valence-corrected chi connectivity index (χ0v) is 13.6. The van der Waals surface area contributed by atoms with E-state index in [-0.39, 0.29) is 5.82 Å². The van der Waals surface area contributed by atoms with E-state index in [0.29, 0.717) is 0 Å². The molecule has 20 heavy (non-hydrogen) atoms. The van der Waals surface area contributed by atoms with Gasteiger partial charge < -0.3 is 4.90 Å². The minimum atomic E-state index is -0.209. The molecule has 0 bridgehead atoms. The van der Waals surface area contributed by atoms with E-state index in [9.17, 15) is 4.39 Å². The highest BCUT2D eigenvalue weighted by Crippen LogP contribution is 2.25.